The van der Waals surface area contributed by atoms with Crippen LogP contribution in [0.3, 0.4) is 0 Å². The van der Waals surface area contributed by atoms with E-state index < -0.39 is 5.91 Å². The van der Waals surface area contributed by atoms with Crippen molar-refractivity contribution >= 4 is 79.4 Å². The van der Waals surface area contributed by atoms with E-state index in [1.54, 1.807) is 48.5 Å². The molecule has 0 spiro atoms. The maximum atomic E-state index is 12.9. The van der Waals surface area contributed by atoms with Crippen LogP contribution in [0.4, 0.5) is 5.69 Å². The van der Waals surface area contributed by atoms with Gasteiger partial charge in [0.15, 0.2) is 10.9 Å². The molecule has 1 fully saturated rings. The number of thioether (sulfide) groups is 1. The molecule has 0 radical (unpaired) electrons. The number of halogens is 2. The fourth-order valence-electron chi connectivity index (χ4n) is 2.34. The molecular weight excluding hydrogens is 472 g/mol. The van der Waals surface area contributed by atoms with Gasteiger partial charge in [0.25, 0.3) is 11.8 Å². The zero-order valence-electron chi connectivity index (χ0n) is 13.6. The number of primary amides is 1. The van der Waals surface area contributed by atoms with Gasteiger partial charge in [-0.1, -0.05) is 53.8 Å². The molecule has 2 aromatic carbocycles. The van der Waals surface area contributed by atoms with Crippen LogP contribution in [-0.4, -0.2) is 22.7 Å². The molecule has 27 heavy (non-hydrogen) atoms. The van der Waals surface area contributed by atoms with E-state index in [1.165, 1.54) is 16.7 Å². The summed E-state index contributed by atoms with van der Waals surface area (Å²) in [7, 11) is 0. The van der Waals surface area contributed by atoms with Crippen molar-refractivity contribution in [3.05, 3.63) is 62.4 Å². The Labute approximate surface area is 178 Å². The Hall–Kier alpha value is -1.87. The van der Waals surface area contributed by atoms with Crippen molar-refractivity contribution < 1.29 is 14.3 Å². The number of anilines is 1. The van der Waals surface area contributed by atoms with Crippen LogP contribution in [0.25, 0.3) is 6.08 Å². The van der Waals surface area contributed by atoms with Crippen LogP contribution in [0.15, 0.2) is 51.8 Å². The molecule has 2 N–H and O–H groups in total. The highest BCUT2D eigenvalue weighted by Gasteiger charge is 2.33. The summed E-state index contributed by atoms with van der Waals surface area (Å²) in [4.78, 5) is 25.7. The van der Waals surface area contributed by atoms with E-state index in [4.69, 9.17) is 34.3 Å². The number of ether oxygens (including phenoxy) is 1. The summed E-state index contributed by atoms with van der Waals surface area (Å²) in [6.07, 6.45) is 1.68. The molecule has 0 unspecified atom stereocenters. The number of amides is 2. The summed E-state index contributed by atoms with van der Waals surface area (Å²) < 4.78 is 6.54. The second-order valence-electron chi connectivity index (χ2n) is 5.41. The number of thiocarbonyl (C=S) groups is 1. The van der Waals surface area contributed by atoms with Crippen molar-refractivity contribution in [2.24, 2.45) is 5.73 Å². The lowest BCUT2D eigenvalue weighted by Gasteiger charge is -2.15. The molecule has 138 valence electrons. The van der Waals surface area contributed by atoms with Gasteiger partial charge in [0, 0.05) is 10.0 Å². The number of hydrogen-bond acceptors (Lipinski definition) is 5. The third kappa shape index (κ3) is 4.52. The Kier molecular flexibility index (Phi) is 6.21. The molecule has 2 amide bonds. The van der Waals surface area contributed by atoms with Crippen molar-refractivity contribution in [1.29, 1.82) is 0 Å². The lowest BCUT2D eigenvalue weighted by atomic mass is 10.2. The molecule has 0 atom stereocenters. The van der Waals surface area contributed by atoms with Crippen LogP contribution in [-0.2, 0) is 9.59 Å². The molecule has 1 aliphatic heterocycles. The number of para-hydroxylation sites is 1. The fraction of sp³-hybridized carbons (Fsp3) is 0.0556. The van der Waals surface area contributed by atoms with E-state index in [2.05, 4.69) is 15.9 Å². The molecule has 2 aromatic rings. The van der Waals surface area contributed by atoms with Gasteiger partial charge in [-0.05, 0) is 46.3 Å². The van der Waals surface area contributed by atoms with E-state index in [0.29, 0.717) is 31.2 Å². The van der Waals surface area contributed by atoms with Gasteiger partial charge >= 0.3 is 0 Å². The molecule has 1 heterocycles. The zero-order chi connectivity index (χ0) is 19.6. The second-order valence-corrected chi connectivity index (χ2v) is 8.35. The van der Waals surface area contributed by atoms with E-state index in [0.717, 1.165) is 4.47 Å². The first-order valence-electron chi connectivity index (χ1n) is 7.60. The zero-order valence-corrected chi connectivity index (χ0v) is 17.6. The van der Waals surface area contributed by atoms with E-state index in [9.17, 15) is 9.59 Å². The van der Waals surface area contributed by atoms with Gasteiger partial charge < -0.3 is 10.5 Å². The van der Waals surface area contributed by atoms with Crippen molar-refractivity contribution in [2.45, 2.75) is 0 Å². The molecule has 9 heteroatoms. The SMILES string of the molecule is NC(=O)COc1ccccc1/C=C1/SC(=S)N(c2ccc(Br)c(Cl)c2)C1=O. The number of nitrogens with two attached hydrogens (primary N) is 1. The third-order valence-electron chi connectivity index (χ3n) is 3.53. The predicted molar refractivity (Wildman–Crippen MR) is 116 cm³/mol. The number of hydrogen-bond donors (Lipinski definition) is 1. The van der Waals surface area contributed by atoms with Gasteiger partial charge in [0.2, 0.25) is 0 Å². The second kappa shape index (κ2) is 8.43. The van der Waals surface area contributed by atoms with Crippen molar-refractivity contribution in [3.63, 3.8) is 0 Å². The largest absolute Gasteiger partial charge is 0.483 e. The molecule has 0 aliphatic carbocycles. The van der Waals surface area contributed by atoms with Crippen LogP contribution in [0.5, 0.6) is 5.75 Å². The summed E-state index contributed by atoms with van der Waals surface area (Å²) in [6, 6.07) is 12.2. The standard InChI is InChI=1S/C18H12BrClN2O3S2/c19-12-6-5-11(8-13(12)20)22-17(24)15(27-18(22)26)7-10-3-1-2-4-14(10)25-9-16(21)23/h1-8H,9H2,(H2,21,23)/b15-7+. The Morgan fingerprint density at radius 2 is 2.07 bits per heavy atom. The van der Waals surface area contributed by atoms with Gasteiger partial charge in [-0.15, -0.1) is 0 Å². The number of rotatable bonds is 5. The molecule has 1 saturated heterocycles. The van der Waals surface area contributed by atoms with Crippen molar-refractivity contribution in [2.75, 3.05) is 11.5 Å². The predicted octanol–water partition coefficient (Wildman–Crippen LogP) is 4.37. The van der Waals surface area contributed by atoms with E-state index >= 15 is 0 Å². The van der Waals surface area contributed by atoms with Crippen LogP contribution >= 0.6 is 51.5 Å². The summed E-state index contributed by atoms with van der Waals surface area (Å²) in [5.41, 5.74) is 6.36. The Bertz CT molecular complexity index is 981. The monoisotopic (exact) mass is 482 g/mol. The number of benzene rings is 2. The normalized spacial score (nSPS) is 15.5. The Morgan fingerprint density at radius 1 is 1.33 bits per heavy atom. The molecule has 1 aliphatic rings. The highest BCUT2D eigenvalue weighted by atomic mass is 79.9. The topological polar surface area (TPSA) is 72.6 Å². The minimum atomic E-state index is -0.580. The third-order valence-corrected chi connectivity index (χ3v) is 6.07. The summed E-state index contributed by atoms with van der Waals surface area (Å²) in [5.74, 6) is -0.385. The van der Waals surface area contributed by atoms with Crippen LogP contribution in [0, 0.1) is 0 Å². The fourth-order valence-corrected chi connectivity index (χ4v) is 4.05. The maximum Gasteiger partial charge on any atom is 0.270 e. The van der Waals surface area contributed by atoms with Gasteiger partial charge in [-0.2, -0.15) is 0 Å². The first-order valence-corrected chi connectivity index (χ1v) is 9.99. The summed E-state index contributed by atoms with van der Waals surface area (Å²) in [5, 5.41) is 0.482. The average molecular weight is 484 g/mol. The van der Waals surface area contributed by atoms with Gasteiger partial charge in [-0.3, -0.25) is 14.5 Å². The van der Waals surface area contributed by atoms with Crippen LogP contribution in [0.1, 0.15) is 5.56 Å². The smallest absolute Gasteiger partial charge is 0.270 e. The molecule has 0 saturated carbocycles. The molecule has 5 nitrogen and oxygen atoms in total. The van der Waals surface area contributed by atoms with Crippen molar-refractivity contribution in [3.8, 4) is 5.75 Å². The van der Waals surface area contributed by atoms with Crippen molar-refractivity contribution in [1.82, 2.24) is 0 Å². The number of nitrogens with zero attached hydrogens (tertiary/aromatic N) is 1. The number of carbonyl (C=O) groups excluding carboxylic acids is 2. The molecule has 0 aromatic heterocycles. The number of carbonyl (C=O) groups is 2. The molecular formula is C18H12BrClN2O3S2. The Balaban J connectivity index is 1.91. The van der Waals surface area contributed by atoms with Crippen LogP contribution in [0.2, 0.25) is 5.02 Å². The molecule has 3 rings (SSSR count). The average Bonchev–Trinajstić information content (AvgIpc) is 2.90. The first-order chi connectivity index (χ1) is 12.9. The highest BCUT2D eigenvalue weighted by Crippen LogP contribution is 2.38. The quantitative estimate of drug-likeness (QED) is 0.505. The van der Waals surface area contributed by atoms with Gasteiger partial charge in [0.05, 0.1) is 15.6 Å². The van der Waals surface area contributed by atoms with Gasteiger partial charge in [-0.25, -0.2) is 0 Å². The highest BCUT2D eigenvalue weighted by molar-refractivity contribution is 9.10. The minimum Gasteiger partial charge on any atom is -0.483 e. The van der Waals surface area contributed by atoms with Crippen LogP contribution < -0.4 is 15.4 Å². The molecule has 0 bridgehead atoms. The summed E-state index contributed by atoms with van der Waals surface area (Å²) in [6.45, 7) is -0.247. The Morgan fingerprint density at radius 3 is 2.78 bits per heavy atom. The van der Waals surface area contributed by atoms with E-state index in [1.807, 2.05) is 0 Å². The lowest BCUT2D eigenvalue weighted by Crippen LogP contribution is -2.27. The minimum absolute atomic E-state index is 0.247. The maximum absolute atomic E-state index is 12.9. The summed E-state index contributed by atoms with van der Waals surface area (Å²) >= 11 is 16.0. The van der Waals surface area contributed by atoms with Gasteiger partial charge in [0.1, 0.15) is 5.75 Å². The van der Waals surface area contributed by atoms with E-state index in [-0.39, 0.29) is 12.5 Å². The lowest BCUT2D eigenvalue weighted by molar-refractivity contribution is -0.120. The first kappa shape index (κ1) is 19.9.